The maximum Gasteiger partial charge on any atom is 0.324 e. The van der Waals surface area contributed by atoms with Gasteiger partial charge in [0, 0.05) is 0 Å². The molecule has 0 aromatic heterocycles. The van der Waals surface area contributed by atoms with Crippen molar-refractivity contribution in [2.45, 2.75) is 51.4 Å². The van der Waals surface area contributed by atoms with Crippen molar-refractivity contribution < 1.29 is 9.46 Å². The van der Waals surface area contributed by atoms with E-state index >= 15 is 0 Å². The minimum absolute atomic E-state index is 0.833. The van der Waals surface area contributed by atoms with Crippen molar-refractivity contribution in [1.29, 1.82) is 0 Å². The molecule has 0 radical (unpaired) electrons. The first-order valence-corrected chi connectivity index (χ1v) is 6.11. The third kappa shape index (κ3) is 3.74. The van der Waals surface area contributed by atoms with Crippen LogP contribution in [0.4, 0.5) is 0 Å². The molecule has 13 heavy (non-hydrogen) atoms. The molecule has 0 bridgehead atoms. The lowest BCUT2D eigenvalue weighted by Gasteiger charge is -2.16. The van der Waals surface area contributed by atoms with E-state index in [4.69, 9.17) is 9.46 Å². The molecule has 0 heterocycles. The van der Waals surface area contributed by atoms with Gasteiger partial charge in [-0.2, -0.15) is 0 Å². The Morgan fingerprint density at radius 1 is 0.846 bits per heavy atom. The molecular weight excluding hydrogens is 183 g/mol. The fraction of sp³-hybridized carbons (Fsp3) is 1.00. The van der Waals surface area contributed by atoms with Gasteiger partial charge in [0.05, 0.1) is 0 Å². The second kappa shape index (κ2) is 6.50. The molecule has 2 fully saturated rings. The van der Waals surface area contributed by atoms with Crippen molar-refractivity contribution in [2.75, 3.05) is 0 Å². The minimum Gasteiger partial charge on any atom is -0.310 e. The summed E-state index contributed by atoms with van der Waals surface area (Å²) in [7, 11) is -0.833. The van der Waals surface area contributed by atoms with E-state index in [1.54, 1.807) is 25.7 Å². The molecule has 0 aromatic rings. The van der Waals surface area contributed by atoms with Crippen LogP contribution in [0.25, 0.3) is 0 Å². The fourth-order valence-corrected chi connectivity index (χ4v) is 2.86. The first-order chi connectivity index (χ1) is 6.38. The van der Waals surface area contributed by atoms with E-state index in [1.807, 2.05) is 0 Å². The SMILES string of the molecule is C1CCC(C2CCCC2)C1.O=PO. The summed E-state index contributed by atoms with van der Waals surface area (Å²) in [6, 6.07) is 0. The Morgan fingerprint density at radius 3 is 1.31 bits per heavy atom. The third-order valence-corrected chi connectivity index (χ3v) is 3.47. The molecule has 1 N–H and O–H groups in total. The van der Waals surface area contributed by atoms with Gasteiger partial charge >= 0.3 is 8.69 Å². The van der Waals surface area contributed by atoms with Crippen LogP contribution in [-0.4, -0.2) is 4.89 Å². The van der Waals surface area contributed by atoms with Gasteiger partial charge in [-0.05, 0) is 11.8 Å². The van der Waals surface area contributed by atoms with Crippen molar-refractivity contribution in [3.8, 4) is 0 Å². The highest BCUT2D eigenvalue weighted by molar-refractivity contribution is 7.16. The Kier molecular flexibility index (Phi) is 5.57. The number of hydrogen-bond donors (Lipinski definition) is 1. The standard InChI is InChI=1S/C10H18.HO2P/c1-2-6-9(5-1)10-7-3-4-8-10;1-3-2/h9-10H,1-8H2;(H,1,2). The minimum atomic E-state index is -0.833. The Hall–Kier alpha value is 0.0600. The van der Waals surface area contributed by atoms with Crippen molar-refractivity contribution in [3.05, 3.63) is 0 Å². The summed E-state index contributed by atoms with van der Waals surface area (Å²) in [6.45, 7) is 0. The van der Waals surface area contributed by atoms with Gasteiger partial charge in [0.25, 0.3) is 0 Å². The zero-order chi connectivity index (χ0) is 9.52. The Labute approximate surface area is 82.0 Å². The summed E-state index contributed by atoms with van der Waals surface area (Å²) in [5, 5.41) is 0. The lowest BCUT2D eigenvalue weighted by Crippen LogP contribution is -2.06. The van der Waals surface area contributed by atoms with Crippen LogP contribution in [0.15, 0.2) is 0 Å². The van der Waals surface area contributed by atoms with E-state index < -0.39 is 8.69 Å². The lowest BCUT2D eigenvalue weighted by molar-refractivity contribution is 0.347. The molecule has 0 spiro atoms. The van der Waals surface area contributed by atoms with E-state index in [0.717, 1.165) is 11.8 Å². The second-order valence-electron chi connectivity index (χ2n) is 4.17. The zero-order valence-electron chi connectivity index (χ0n) is 8.11. The molecule has 0 atom stereocenters. The molecule has 2 nitrogen and oxygen atoms in total. The van der Waals surface area contributed by atoms with Crippen molar-refractivity contribution >= 4 is 8.69 Å². The van der Waals surface area contributed by atoms with E-state index in [2.05, 4.69) is 0 Å². The van der Waals surface area contributed by atoms with Gasteiger partial charge in [0.1, 0.15) is 0 Å². The molecule has 0 unspecified atom stereocenters. The molecule has 0 amide bonds. The highest BCUT2D eigenvalue weighted by atomic mass is 31.1. The topological polar surface area (TPSA) is 37.3 Å². The molecular formula is C10H19O2P. The van der Waals surface area contributed by atoms with Crippen LogP contribution in [0, 0.1) is 11.8 Å². The predicted molar refractivity (Wildman–Crippen MR) is 53.7 cm³/mol. The fourth-order valence-electron chi connectivity index (χ4n) is 2.86. The van der Waals surface area contributed by atoms with Gasteiger partial charge in [0.2, 0.25) is 0 Å². The molecule has 76 valence electrons. The van der Waals surface area contributed by atoms with Crippen molar-refractivity contribution in [3.63, 3.8) is 0 Å². The molecule has 2 aliphatic carbocycles. The zero-order valence-corrected chi connectivity index (χ0v) is 9.01. The molecule has 2 rings (SSSR count). The molecule has 0 aromatic carbocycles. The highest BCUT2D eigenvalue weighted by Crippen LogP contribution is 2.39. The van der Waals surface area contributed by atoms with Gasteiger partial charge in [-0.15, -0.1) is 0 Å². The summed E-state index contributed by atoms with van der Waals surface area (Å²) >= 11 is 0. The van der Waals surface area contributed by atoms with E-state index in [9.17, 15) is 0 Å². The van der Waals surface area contributed by atoms with Crippen LogP contribution in [0.1, 0.15) is 51.4 Å². The van der Waals surface area contributed by atoms with Crippen LogP contribution < -0.4 is 0 Å². The van der Waals surface area contributed by atoms with Crippen LogP contribution >= 0.6 is 8.69 Å². The third-order valence-electron chi connectivity index (χ3n) is 3.47. The predicted octanol–water partition coefficient (Wildman–Crippen LogP) is 3.55. The Balaban J connectivity index is 0.000000251. The van der Waals surface area contributed by atoms with Crippen LogP contribution in [0.5, 0.6) is 0 Å². The molecule has 3 heteroatoms. The summed E-state index contributed by atoms with van der Waals surface area (Å²) in [5.41, 5.74) is 0. The van der Waals surface area contributed by atoms with Gasteiger partial charge in [-0.3, -0.25) is 0 Å². The molecule has 0 aliphatic heterocycles. The maximum absolute atomic E-state index is 8.46. The largest absolute Gasteiger partial charge is 0.324 e. The van der Waals surface area contributed by atoms with E-state index in [1.165, 1.54) is 25.7 Å². The summed E-state index contributed by atoms with van der Waals surface area (Å²) in [6.07, 6.45) is 12.4. The van der Waals surface area contributed by atoms with Crippen LogP contribution in [0.2, 0.25) is 0 Å². The van der Waals surface area contributed by atoms with Crippen molar-refractivity contribution in [1.82, 2.24) is 0 Å². The number of hydrogen-bond acceptors (Lipinski definition) is 1. The molecule has 2 aliphatic rings. The quantitative estimate of drug-likeness (QED) is 0.660. The molecule has 0 saturated heterocycles. The van der Waals surface area contributed by atoms with Gasteiger partial charge in [0.15, 0.2) is 0 Å². The average Bonchev–Trinajstić information content (AvgIpc) is 2.78. The average molecular weight is 202 g/mol. The first kappa shape index (κ1) is 11.1. The number of rotatable bonds is 1. The Bertz CT molecular complexity index is 124. The van der Waals surface area contributed by atoms with E-state index in [0.29, 0.717) is 0 Å². The van der Waals surface area contributed by atoms with Crippen molar-refractivity contribution in [2.24, 2.45) is 11.8 Å². The van der Waals surface area contributed by atoms with Gasteiger partial charge in [-0.1, -0.05) is 51.4 Å². The Morgan fingerprint density at radius 2 is 1.08 bits per heavy atom. The summed E-state index contributed by atoms with van der Waals surface area (Å²) in [4.78, 5) is 6.99. The lowest BCUT2D eigenvalue weighted by atomic mass is 9.90. The van der Waals surface area contributed by atoms with E-state index in [-0.39, 0.29) is 0 Å². The highest BCUT2D eigenvalue weighted by Gasteiger charge is 2.26. The molecule has 2 saturated carbocycles. The van der Waals surface area contributed by atoms with Crippen LogP contribution in [0.3, 0.4) is 0 Å². The summed E-state index contributed by atoms with van der Waals surface area (Å²) in [5.74, 6) is 2.31. The first-order valence-electron chi connectivity index (χ1n) is 5.35. The monoisotopic (exact) mass is 202 g/mol. The van der Waals surface area contributed by atoms with Crippen LogP contribution in [-0.2, 0) is 4.57 Å². The second-order valence-corrected chi connectivity index (χ2v) is 4.33. The summed E-state index contributed by atoms with van der Waals surface area (Å²) < 4.78 is 8.46. The van der Waals surface area contributed by atoms with Gasteiger partial charge in [-0.25, -0.2) is 4.57 Å². The normalized spacial score (nSPS) is 24.7. The smallest absolute Gasteiger partial charge is 0.310 e. The van der Waals surface area contributed by atoms with Gasteiger partial charge < -0.3 is 4.89 Å². The maximum atomic E-state index is 8.46.